The maximum Gasteiger partial charge on any atom is 0.305 e. The SMILES string of the molecule is CCOC(=O)CCCC[C@@H](CC(=O)O)SC(C)=O. The molecule has 0 aromatic heterocycles. The van der Waals surface area contributed by atoms with Crippen LogP contribution < -0.4 is 0 Å². The van der Waals surface area contributed by atoms with Crippen molar-refractivity contribution in [2.75, 3.05) is 6.61 Å². The smallest absolute Gasteiger partial charge is 0.305 e. The first-order chi connectivity index (χ1) is 8.45. The first kappa shape index (κ1) is 17.0. The summed E-state index contributed by atoms with van der Waals surface area (Å²) in [4.78, 5) is 32.6. The molecule has 0 saturated carbocycles. The highest BCUT2D eigenvalue weighted by molar-refractivity contribution is 8.14. The van der Waals surface area contributed by atoms with Crippen LogP contribution in [0, 0.1) is 0 Å². The number of carbonyl (C=O) groups is 3. The van der Waals surface area contributed by atoms with Gasteiger partial charge in [0.1, 0.15) is 0 Å². The lowest BCUT2D eigenvalue weighted by Gasteiger charge is -2.11. The molecule has 0 aliphatic heterocycles. The molecular weight excluding hydrogens is 256 g/mol. The molecule has 0 fully saturated rings. The Morgan fingerprint density at radius 2 is 1.94 bits per heavy atom. The monoisotopic (exact) mass is 276 g/mol. The van der Waals surface area contributed by atoms with E-state index in [-0.39, 0.29) is 22.8 Å². The summed E-state index contributed by atoms with van der Waals surface area (Å²) in [5, 5.41) is 8.43. The molecule has 0 aliphatic rings. The standard InChI is InChI=1S/C12H20O5S/c1-3-17-12(16)7-5-4-6-10(8-11(14)15)18-9(2)13/h10H,3-8H2,1-2H3,(H,14,15)/t10-/m0/s1. The first-order valence-electron chi connectivity index (χ1n) is 6.00. The van der Waals surface area contributed by atoms with Crippen molar-refractivity contribution in [3.8, 4) is 0 Å². The lowest BCUT2D eigenvalue weighted by molar-refractivity contribution is -0.143. The fourth-order valence-electron chi connectivity index (χ4n) is 1.51. The molecule has 0 radical (unpaired) electrons. The van der Waals surface area contributed by atoms with E-state index >= 15 is 0 Å². The number of aliphatic carboxylic acids is 1. The summed E-state index contributed by atoms with van der Waals surface area (Å²) in [6.45, 7) is 3.56. The maximum absolute atomic E-state index is 11.1. The number of unbranched alkanes of at least 4 members (excludes halogenated alkanes) is 1. The zero-order valence-electron chi connectivity index (χ0n) is 10.8. The van der Waals surface area contributed by atoms with Crippen LogP contribution in [-0.4, -0.2) is 34.0 Å². The van der Waals surface area contributed by atoms with Crippen molar-refractivity contribution in [2.45, 2.75) is 51.2 Å². The molecule has 0 rings (SSSR count). The number of hydrogen-bond acceptors (Lipinski definition) is 5. The van der Waals surface area contributed by atoms with Crippen molar-refractivity contribution >= 4 is 28.8 Å². The lowest BCUT2D eigenvalue weighted by atomic mass is 10.1. The molecule has 0 bridgehead atoms. The molecule has 0 aliphatic carbocycles. The topological polar surface area (TPSA) is 80.7 Å². The zero-order valence-corrected chi connectivity index (χ0v) is 11.6. The quantitative estimate of drug-likeness (QED) is 0.514. The van der Waals surface area contributed by atoms with Gasteiger partial charge in [-0.3, -0.25) is 14.4 Å². The van der Waals surface area contributed by atoms with E-state index in [2.05, 4.69) is 0 Å². The molecule has 0 saturated heterocycles. The second-order valence-electron chi connectivity index (χ2n) is 3.88. The van der Waals surface area contributed by atoms with Gasteiger partial charge in [-0.05, 0) is 19.8 Å². The summed E-state index contributed by atoms with van der Waals surface area (Å²) in [5.41, 5.74) is 0. The van der Waals surface area contributed by atoms with Crippen molar-refractivity contribution in [3.63, 3.8) is 0 Å². The Morgan fingerprint density at radius 1 is 1.28 bits per heavy atom. The second kappa shape index (κ2) is 9.94. The largest absolute Gasteiger partial charge is 0.481 e. The van der Waals surface area contributed by atoms with Gasteiger partial charge in [0.15, 0.2) is 5.12 Å². The number of carbonyl (C=O) groups excluding carboxylic acids is 2. The van der Waals surface area contributed by atoms with Crippen LogP contribution in [0.2, 0.25) is 0 Å². The molecule has 0 spiro atoms. The molecule has 18 heavy (non-hydrogen) atoms. The minimum Gasteiger partial charge on any atom is -0.481 e. The lowest BCUT2D eigenvalue weighted by Crippen LogP contribution is -2.12. The van der Waals surface area contributed by atoms with E-state index in [9.17, 15) is 14.4 Å². The van der Waals surface area contributed by atoms with Gasteiger partial charge in [0.05, 0.1) is 13.0 Å². The molecule has 0 heterocycles. The highest BCUT2D eigenvalue weighted by Crippen LogP contribution is 2.21. The van der Waals surface area contributed by atoms with E-state index in [0.717, 1.165) is 18.2 Å². The van der Waals surface area contributed by atoms with E-state index in [1.165, 1.54) is 6.92 Å². The predicted molar refractivity (Wildman–Crippen MR) is 69.4 cm³/mol. The number of carboxylic acids is 1. The van der Waals surface area contributed by atoms with Crippen LogP contribution in [0.25, 0.3) is 0 Å². The third-order valence-electron chi connectivity index (χ3n) is 2.20. The van der Waals surface area contributed by atoms with Crippen molar-refractivity contribution in [1.29, 1.82) is 0 Å². The van der Waals surface area contributed by atoms with Crippen LogP contribution in [0.4, 0.5) is 0 Å². The van der Waals surface area contributed by atoms with E-state index in [0.29, 0.717) is 25.9 Å². The molecule has 1 N–H and O–H groups in total. The fourth-order valence-corrected chi connectivity index (χ4v) is 2.49. The minimum atomic E-state index is -0.904. The average molecular weight is 276 g/mol. The van der Waals surface area contributed by atoms with Crippen molar-refractivity contribution in [3.05, 3.63) is 0 Å². The number of ether oxygens (including phenoxy) is 1. The summed E-state index contributed by atoms with van der Waals surface area (Å²) >= 11 is 1.06. The van der Waals surface area contributed by atoms with Crippen molar-refractivity contribution < 1.29 is 24.2 Å². The van der Waals surface area contributed by atoms with Crippen LogP contribution in [0.3, 0.4) is 0 Å². The van der Waals surface area contributed by atoms with Crippen LogP contribution in [0.5, 0.6) is 0 Å². The van der Waals surface area contributed by atoms with E-state index in [1.54, 1.807) is 6.92 Å². The Kier molecular flexibility index (Phi) is 9.36. The van der Waals surface area contributed by atoms with Crippen molar-refractivity contribution in [2.24, 2.45) is 0 Å². The number of hydrogen-bond donors (Lipinski definition) is 1. The zero-order chi connectivity index (χ0) is 14.0. The van der Waals surface area contributed by atoms with Crippen LogP contribution in [0.1, 0.15) is 46.0 Å². The van der Waals surface area contributed by atoms with Crippen LogP contribution in [0.15, 0.2) is 0 Å². The maximum atomic E-state index is 11.1. The first-order valence-corrected chi connectivity index (χ1v) is 6.88. The van der Waals surface area contributed by atoms with Gasteiger partial charge in [0.2, 0.25) is 0 Å². The molecule has 0 unspecified atom stereocenters. The van der Waals surface area contributed by atoms with Gasteiger partial charge >= 0.3 is 11.9 Å². The summed E-state index contributed by atoms with van der Waals surface area (Å²) in [5.74, 6) is -1.13. The summed E-state index contributed by atoms with van der Waals surface area (Å²) in [6.07, 6.45) is 2.32. The number of esters is 1. The third kappa shape index (κ3) is 10.1. The minimum absolute atomic E-state index is 0.0242. The van der Waals surface area contributed by atoms with E-state index < -0.39 is 5.97 Å². The Morgan fingerprint density at radius 3 is 2.44 bits per heavy atom. The van der Waals surface area contributed by atoms with Gasteiger partial charge < -0.3 is 9.84 Å². The predicted octanol–water partition coefficient (Wildman–Crippen LogP) is 2.23. The number of rotatable bonds is 9. The second-order valence-corrected chi connectivity index (χ2v) is 5.36. The van der Waals surface area contributed by atoms with Gasteiger partial charge in [-0.1, -0.05) is 18.2 Å². The number of thioether (sulfide) groups is 1. The molecule has 6 heteroatoms. The molecule has 0 aromatic carbocycles. The van der Waals surface area contributed by atoms with Gasteiger partial charge in [0.25, 0.3) is 0 Å². The van der Waals surface area contributed by atoms with Gasteiger partial charge in [-0.2, -0.15) is 0 Å². The van der Waals surface area contributed by atoms with Crippen molar-refractivity contribution in [1.82, 2.24) is 0 Å². The Labute approximate surface area is 111 Å². The summed E-state index contributed by atoms with van der Waals surface area (Å²) < 4.78 is 4.79. The molecule has 1 atom stereocenters. The molecular formula is C12H20O5S. The fraction of sp³-hybridized carbons (Fsp3) is 0.750. The van der Waals surface area contributed by atoms with Crippen LogP contribution >= 0.6 is 11.8 Å². The van der Waals surface area contributed by atoms with Gasteiger partial charge in [0, 0.05) is 18.6 Å². The average Bonchev–Trinajstić information content (AvgIpc) is 2.23. The summed E-state index contributed by atoms with van der Waals surface area (Å²) in [6, 6.07) is 0. The van der Waals surface area contributed by atoms with Gasteiger partial charge in [-0.25, -0.2) is 0 Å². The molecule has 0 aromatic rings. The Bertz CT molecular complexity index is 274. The highest BCUT2D eigenvalue weighted by Gasteiger charge is 2.16. The Balaban J connectivity index is 3.85. The van der Waals surface area contributed by atoms with E-state index in [1.807, 2.05) is 0 Å². The highest BCUT2D eigenvalue weighted by atomic mass is 32.2. The molecule has 5 nitrogen and oxygen atoms in total. The molecule has 0 amide bonds. The normalized spacial score (nSPS) is 11.9. The molecule has 104 valence electrons. The van der Waals surface area contributed by atoms with Crippen LogP contribution in [-0.2, 0) is 19.1 Å². The Hall–Kier alpha value is -1.04. The summed E-state index contributed by atoms with van der Waals surface area (Å²) in [7, 11) is 0. The van der Waals surface area contributed by atoms with E-state index in [4.69, 9.17) is 9.84 Å². The number of carboxylic acid groups (broad SMARTS) is 1. The third-order valence-corrected chi connectivity index (χ3v) is 3.26. The van der Waals surface area contributed by atoms with Gasteiger partial charge in [-0.15, -0.1) is 0 Å².